The molecule has 1 aromatic heterocycles. The molecule has 3 N–H and O–H groups in total. The molecule has 94 valence electrons. The van der Waals surface area contributed by atoms with Gasteiger partial charge in [0.05, 0.1) is 30.6 Å². The number of hydrogen-bond donors (Lipinski definition) is 2. The Labute approximate surface area is 101 Å². The summed E-state index contributed by atoms with van der Waals surface area (Å²) in [6.45, 7) is 4.21. The Morgan fingerprint density at radius 2 is 2.24 bits per heavy atom. The van der Waals surface area contributed by atoms with Gasteiger partial charge in [-0.05, 0) is 32.4 Å². The first-order chi connectivity index (χ1) is 8.40. The van der Waals surface area contributed by atoms with Crippen LogP contribution in [0.2, 0.25) is 0 Å². The van der Waals surface area contributed by atoms with E-state index in [0.29, 0.717) is 19.2 Å². The third kappa shape index (κ3) is 1.99. The Hall–Kier alpha value is -0.910. The smallest absolute Gasteiger partial charge is 0.0887 e. The Morgan fingerprint density at radius 3 is 3.00 bits per heavy atom. The highest BCUT2D eigenvalue weighted by molar-refractivity contribution is 5.28. The maximum absolute atomic E-state index is 5.79. The van der Waals surface area contributed by atoms with E-state index in [1.165, 1.54) is 11.3 Å². The first kappa shape index (κ1) is 11.2. The quantitative estimate of drug-likeness (QED) is 0.777. The molecule has 5 nitrogen and oxygen atoms in total. The van der Waals surface area contributed by atoms with Crippen molar-refractivity contribution in [3.05, 3.63) is 17.0 Å². The zero-order valence-electron chi connectivity index (χ0n) is 10.1. The van der Waals surface area contributed by atoms with E-state index in [0.717, 1.165) is 44.7 Å². The van der Waals surface area contributed by atoms with Crippen molar-refractivity contribution in [1.29, 1.82) is 0 Å². The van der Waals surface area contributed by atoms with E-state index in [1.54, 1.807) is 0 Å². The second-order valence-electron chi connectivity index (χ2n) is 4.80. The molecule has 1 fully saturated rings. The van der Waals surface area contributed by atoms with Crippen LogP contribution in [0, 0.1) is 0 Å². The highest BCUT2D eigenvalue weighted by atomic mass is 16.5. The standard InChI is InChI=1S/C12H20N4O/c13-7-11-10-3-6-17-8-12(10)16(15-11)9-1-4-14-5-2-9/h9,14H,1-8,13H2. The Morgan fingerprint density at radius 1 is 1.41 bits per heavy atom. The van der Waals surface area contributed by atoms with Crippen molar-refractivity contribution in [2.75, 3.05) is 19.7 Å². The van der Waals surface area contributed by atoms with Crippen LogP contribution in [0.3, 0.4) is 0 Å². The molecule has 2 aliphatic rings. The summed E-state index contributed by atoms with van der Waals surface area (Å²) in [5.74, 6) is 0. The number of aromatic nitrogens is 2. The van der Waals surface area contributed by atoms with E-state index in [1.807, 2.05) is 0 Å². The number of ether oxygens (including phenoxy) is 1. The van der Waals surface area contributed by atoms with E-state index in [2.05, 4.69) is 10.00 Å². The first-order valence-electron chi connectivity index (χ1n) is 6.48. The molecule has 5 heteroatoms. The molecular formula is C12H20N4O. The molecule has 0 bridgehead atoms. The lowest BCUT2D eigenvalue weighted by molar-refractivity contribution is 0.101. The molecule has 0 aliphatic carbocycles. The maximum atomic E-state index is 5.79. The predicted molar refractivity (Wildman–Crippen MR) is 64.6 cm³/mol. The van der Waals surface area contributed by atoms with Crippen molar-refractivity contribution >= 4 is 0 Å². The number of nitrogens with zero attached hydrogens (tertiary/aromatic N) is 2. The van der Waals surface area contributed by atoms with Gasteiger partial charge in [0.2, 0.25) is 0 Å². The fraction of sp³-hybridized carbons (Fsp3) is 0.750. The van der Waals surface area contributed by atoms with Crippen LogP contribution in [0.5, 0.6) is 0 Å². The highest BCUT2D eigenvalue weighted by Gasteiger charge is 2.25. The second kappa shape index (κ2) is 4.76. The summed E-state index contributed by atoms with van der Waals surface area (Å²) >= 11 is 0. The molecule has 0 atom stereocenters. The van der Waals surface area contributed by atoms with Crippen LogP contribution in [-0.2, 0) is 24.3 Å². The molecular weight excluding hydrogens is 216 g/mol. The van der Waals surface area contributed by atoms with E-state index in [4.69, 9.17) is 15.6 Å². The lowest BCUT2D eigenvalue weighted by Gasteiger charge is -2.26. The van der Waals surface area contributed by atoms with Crippen molar-refractivity contribution in [2.45, 2.75) is 38.5 Å². The molecule has 0 spiro atoms. The zero-order chi connectivity index (χ0) is 11.7. The minimum absolute atomic E-state index is 0.520. The number of nitrogens with one attached hydrogen (secondary N) is 1. The Balaban J connectivity index is 1.95. The topological polar surface area (TPSA) is 65.1 Å². The lowest BCUT2D eigenvalue weighted by Crippen LogP contribution is -2.31. The minimum Gasteiger partial charge on any atom is -0.375 e. The number of nitrogens with two attached hydrogens (primary N) is 1. The van der Waals surface area contributed by atoms with Crippen LogP contribution >= 0.6 is 0 Å². The molecule has 3 rings (SSSR count). The van der Waals surface area contributed by atoms with Crippen molar-refractivity contribution < 1.29 is 4.74 Å². The number of hydrogen-bond acceptors (Lipinski definition) is 4. The zero-order valence-corrected chi connectivity index (χ0v) is 10.1. The predicted octanol–water partition coefficient (Wildman–Crippen LogP) is 0.339. The summed E-state index contributed by atoms with van der Waals surface area (Å²) in [6.07, 6.45) is 3.27. The minimum atomic E-state index is 0.520. The first-order valence-corrected chi connectivity index (χ1v) is 6.48. The number of rotatable bonds is 2. The van der Waals surface area contributed by atoms with Gasteiger partial charge in [0, 0.05) is 12.1 Å². The van der Waals surface area contributed by atoms with E-state index in [-0.39, 0.29) is 0 Å². The highest BCUT2D eigenvalue weighted by Crippen LogP contribution is 2.27. The average molecular weight is 236 g/mol. The van der Waals surface area contributed by atoms with Gasteiger partial charge >= 0.3 is 0 Å². The normalized spacial score (nSPS) is 21.5. The molecule has 1 aromatic rings. The van der Waals surface area contributed by atoms with Gasteiger partial charge in [0.25, 0.3) is 0 Å². The molecule has 3 heterocycles. The Bertz CT molecular complexity index is 395. The van der Waals surface area contributed by atoms with E-state index < -0.39 is 0 Å². The molecule has 1 saturated heterocycles. The van der Waals surface area contributed by atoms with E-state index >= 15 is 0 Å². The van der Waals surface area contributed by atoms with Crippen LogP contribution in [0.1, 0.15) is 35.8 Å². The summed E-state index contributed by atoms with van der Waals surface area (Å²) in [5.41, 5.74) is 9.47. The van der Waals surface area contributed by atoms with Crippen LogP contribution in [-0.4, -0.2) is 29.5 Å². The molecule has 17 heavy (non-hydrogen) atoms. The SMILES string of the molecule is NCc1nn(C2CCNCC2)c2c1CCOC2. The molecule has 0 amide bonds. The van der Waals surface area contributed by atoms with Gasteiger partial charge in [-0.25, -0.2) is 0 Å². The Kier molecular flexibility index (Phi) is 3.13. The molecule has 2 aliphatic heterocycles. The van der Waals surface area contributed by atoms with Crippen molar-refractivity contribution in [2.24, 2.45) is 5.73 Å². The molecule has 0 radical (unpaired) electrons. The number of piperidine rings is 1. The van der Waals surface area contributed by atoms with Crippen LogP contribution in [0.4, 0.5) is 0 Å². The van der Waals surface area contributed by atoms with Crippen LogP contribution in [0.15, 0.2) is 0 Å². The lowest BCUT2D eigenvalue weighted by atomic mass is 10.0. The van der Waals surface area contributed by atoms with Crippen molar-refractivity contribution in [3.8, 4) is 0 Å². The fourth-order valence-electron chi connectivity index (χ4n) is 2.86. The monoisotopic (exact) mass is 236 g/mol. The second-order valence-corrected chi connectivity index (χ2v) is 4.80. The molecule has 0 saturated carbocycles. The van der Waals surface area contributed by atoms with Gasteiger partial charge in [-0.15, -0.1) is 0 Å². The summed E-state index contributed by atoms with van der Waals surface area (Å²) in [6, 6.07) is 0.520. The van der Waals surface area contributed by atoms with Crippen molar-refractivity contribution in [3.63, 3.8) is 0 Å². The van der Waals surface area contributed by atoms with E-state index in [9.17, 15) is 0 Å². The third-order valence-corrected chi connectivity index (χ3v) is 3.78. The average Bonchev–Trinajstić information content (AvgIpc) is 2.78. The molecule has 0 unspecified atom stereocenters. The van der Waals surface area contributed by atoms with Gasteiger partial charge in [0.1, 0.15) is 0 Å². The molecule has 0 aromatic carbocycles. The summed E-state index contributed by atoms with van der Waals surface area (Å²) in [4.78, 5) is 0. The van der Waals surface area contributed by atoms with Gasteiger partial charge in [-0.2, -0.15) is 5.10 Å². The third-order valence-electron chi connectivity index (χ3n) is 3.78. The summed E-state index contributed by atoms with van der Waals surface area (Å²) in [7, 11) is 0. The maximum Gasteiger partial charge on any atom is 0.0887 e. The van der Waals surface area contributed by atoms with Gasteiger partial charge in [-0.1, -0.05) is 0 Å². The van der Waals surface area contributed by atoms with Gasteiger partial charge in [0.15, 0.2) is 0 Å². The van der Waals surface area contributed by atoms with Gasteiger partial charge < -0.3 is 15.8 Å². The largest absolute Gasteiger partial charge is 0.375 e. The van der Waals surface area contributed by atoms with Crippen molar-refractivity contribution in [1.82, 2.24) is 15.1 Å². The van der Waals surface area contributed by atoms with Crippen LogP contribution < -0.4 is 11.1 Å². The summed E-state index contributed by atoms with van der Waals surface area (Å²) in [5, 5.41) is 8.11. The summed E-state index contributed by atoms with van der Waals surface area (Å²) < 4.78 is 7.76. The number of fused-ring (bicyclic) bond motifs is 1. The fourth-order valence-corrected chi connectivity index (χ4v) is 2.86. The van der Waals surface area contributed by atoms with Gasteiger partial charge in [-0.3, -0.25) is 4.68 Å². The van der Waals surface area contributed by atoms with Crippen LogP contribution in [0.25, 0.3) is 0 Å².